The third-order valence-corrected chi connectivity index (χ3v) is 5.47. The molecule has 0 radical (unpaired) electrons. The molecule has 2 aromatic carbocycles. The number of halogens is 3. The minimum atomic E-state index is -4.63. The minimum absolute atomic E-state index is 0.173. The van der Waals surface area contributed by atoms with Crippen molar-refractivity contribution in [3.63, 3.8) is 0 Å². The molecule has 5 nitrogen and oxygen atoms in total. The number of nitrogens with zero attached hydrogens (tertiary/aromatic N) is 2. The first-order valence-corrected chi connectivity index (χ1v) is 11.4. The zero-order valence-electron chi connectivity index (χ0n) is 17.8. The van der Waals surface area contributed by atoms with E-state index in [0.29, 0.717) is 24.5 Å². The molecule has 0 aliphatic rings. The van der Waals surface area contributed by atoms with Gasteiger partial charge in [0.1, 0.15) is 12.4 Å². The van der Waals surface area contributed by atoms with E-state index in [0.717, 1.165) is 12.3 Å². The highest BCUT2D eigenvalue weighted by Crippen LogP contribution is 2.35. The highest BCUT2D eigenvalue weighted by atomic mass is 32.2. The Morgan fingerprint density at radius 2 is 1.68 bits per heavy atom. The smallest absolute Gasteiger partial charge is 0.417 e. The van der Waals surface area contributed by atoms with Crippen LogP contribution in [0.1, 0.15) is 31.9 Å². The van der Waals surface area contributed by atoms with Crippen LogP contribution in [0.15, 0.2) is 47.4 Å². The maximum atomic E-state index is 13.4. The number of sulfone groups is 1. The number of hydrogen-bond acceptors (Lipinski definition) is 5. The molecule has 0 aromatic heterocycles. The van der Waals surface area contributed by atoms with Gasteiger partial charge in [0.2, 0.25) is 0 Å². The van der Waals surface area contributed by atoms with Gasteiger partial charge in [0.25, 0.3) is 0 Å². The summed E-state index contributed by atoms with van der Waals surface area (Å²) in [6.45, 7) is 6.85. The quantitative estimate of drug-likeness (QED) is 0.594. The molecule has 31 heavy (non-hydrogen) atoms. The third-order valence-electron chi connectivity index (χ3n) is 4.34. The van der Waals surface area contributed by atoms with Crippen molar-refractivity contribution < 1.29 is 26.3 Å². The normalized spacial score (nSPS) is 12.3. The second-order valence-corrected chi connectivity index (χ2v) is 10.4. The number of alkyl halides is 3. The van der Waals surface area contributed by atoms with Crippen LogP contribution < -0.4 is 9.64 Å². The molecule has 0 aliphatic heterocycles. The third kappa shape index (κ3) is 7.17. The topological polar surface area (TPSA) is 70.4 Å². The van der Waals surface area contributed by atoms with Crippen LogP contribution in [0.2, 0.25) is 0 Å². The molecule has 0 amide bonds. The Hall–Kier alpha value is -2.73. The van der Waals surface area contributed by atoms with Crippen LogP contribution in [0, 0.1) is 16.7 Å². The van der Waals surface area contributed by atoms with E-state index in [1.807, 2.05) is 20.8 Å². The summed E-state index contributed by atoms with van der Waals surface area (Å²) in [4.78, 5) is 1.95. The van der Waals surface area contributed by atoms with Crippen molar-refractivity contribution in [2.24, 2.45) is 5.41 Å². The van der Waals surface area contributed by atoms with Crippen LogP contribution in [0.5, 0.6) is 5.75 Å². The molecule has 0 fully saturated rings. The van der Waals surface area contributed by atoms with Gasteiger partial charge in [-0.25, -0.2) is 8.42 Å². The standard InChI is InChI=1S/C22H25F3N2O3S/c1-21(2,3)15-27(17-6-5-16(14-26)20(13-17)22(23,24)25)11-12-30-18-7-9-19(10-8-18)31(4,28)29/h5-10,13H,11-12,15H2,1-4H3. The molecule has 0 aliphatic carbocycles. The molecular weight excluding hydrogens is 429 g/mol. The number of ether oxygens (including phenoxy) is 1. The molecule has 2 aromatic rings. The molecule has 0 atom stereocenters. The summed E-state index contributed by atoms with van der Waals surface area (Å²) < 4.78 is 68.8. The second kappa shape index (κ2) is 9.18. The van der Waals surface area contributed by atoms with E-state index in [4.69, 9.17) is 10.00 Å². The zero-order valence-corrected chi connectivity index (χ0v) is 18.6. The fourth-order valence-electron chi connectivity index (χ4n) is 2.99. The van der Waals surface area contributed by atoms with Gasteiger partial charge in [-0.3, -0.25) is 0 Å². The van der Waals surface area contributed by atoms with Gasteiger partial charge in [-0.1, -0.05) is 20.8 Å². The highest BCUT2D eigenvalue weighted by Gasteiger charge is 2.34. The highest BCUT2D eigenvalue weighted by molar-refractivity contribution is 7.90. The first kappa shape index (κ1) is 24.5. The number of rotatable bonds is 7. The van der Waals surface area contributed by atoms with Gasteiger partial charge in [-0.2, -0.15) is 18.4 Å². The van der Waals surface area contributed by atoms with Crippen molar-refractivity contribution >= 4 is 15.5 Å². The molecule has 0 saturated carbocycles. The van der Waals surface area contributed by atoms with Crippen molar-refractivity contribution in [3.8, 4) is 11.8 Å². The lowest BCUT2D eigenvalue weighted by Gasteiger charge is -2.32. The summed E-state index contributed by atoms with van der Waals surface area (Å²) in [5, 5.41) is 9.01. The molecule has 2 rings (SSSR count). The van der Waals surface area contributed by atoms with Gasteiger partial charge in [0.15, 0.2) is 9.84 Å². The van der Waals surface area contributed by atoms with E-state index >= 15 is 0 Å². The predicted molar refractivity (Wildman–Crippen MR) is 113 cm³/mol. The molecular formula is C22H25F3N2O3S. The number of nitriles is 1. The first-order valence-electron chi connectivity index (χ1n) is 9.50. The van der Waals surface area contributed by atoms with Crippen LogP contribution >= 0.6 is 0 Å². The molecule has 0 spiro atoms. The van der Waals surface area contributed by atoms with Gasteiger partial charge < -0.3 is 9.64 Å². The largest absolute Gasteiger partial charge is 0.492 e. The monoisotopic (exact) mass is 454 g/mol. The Morgan fingerprint density at radius 3 is 2.16 bits per heavy atom. The molecule has 0 heterocycles. The predicted octanol–water partition coefficient (Wildman–Crippen LogP) is 4.91. The summed E-state index contributed by atoms with van der Waals surface area (Å²) >= 11 is 0. The van der Waals surface area contributed by atoms with Crippen molar-refractivity contribution in [2.45, 2.75) is 31.8 Å². The Balaban J connectivity index is 2.21. The maximum absolute atomic E-state index is 13.4. The fraction of sp³-hybridized carbons (Fsp3) is 0.409. The van der Waals surface area contributed by atoms with Crippen molar-refractivity contribution in [1.29, 1.82) is 5.26 Å². The van der Waals surface area contributed by atoms with Crippen LogP contribution in [-0.4, -0.2) is 34.4 Å². The minimum Gasteiger partial charge on any atom is -0.492 e. The van der Waals surface area contributed by atoms with Crippen LogP contribution in [0.4, 0.5) is 18.9 Å². The lowest BCUT2D eigenvalue weighted by Crippen LogP contribution is -2.36. The van der Waals surface area contributed by atoms with E-state index in [1.54, 1.807) is 11.0 Å². The molecule has 9 heteroatoms. The van der Waals surface area contributed by atoms with Gasteiger partial charge in [-0.05, 0) is 47.9 Å². The van der Waals surface area contributed by atoms with E-state index in [2.05, 4.69) is 0 Å². The number of hydrogen-bond donors (Lipinski definition) is 0. The zero-order chi connectivity index (χ0) is 23.4. The Kier molecular flexibility index (Phi) is 7.27. The molecule has 168 valence electrons. The van der Waals surface area contributed by atoms with Gasteiger partial charge >= 0.3 is 6.18 Å². The summed E-state index contributed by atoms with van der Waals surface area (Å²) in [5.41, 5.74) is -1.25. The number of benzene rings is 2. The van der Waals surface area contributed by atoms with E-state index < -0.39 is 27.1 Å². The molecule has 0 saturated heterocycles. The number of anilines is 1. The van der Waals surface area contributed by atoms with E-state index in [9.17, 15) is 21.6 Å². The average molecular weight is 455 g/mol. The summed E-state index contributed by atoms with van der Waals surface area (Å²) in [6, 6.07) is 11.2. The average Bonchev–Trinajstić information content (AvgIpc) is 2.65. The second-order valence-electron chi connectivity index (χ2n) is 8.41. The van der Waals surface area contributed by atoms with E-state index in [-0.39, 0.29) is 16.9 Å². The molecule has 0 unspecified atom stereocenters. The lowest BCUT2D eigenvalue weighted by molar-refractivity contribution is -0.137. The van der Waals surface area contributed by atoms with Crippen molar-refractivity contribution in [3.05, 3.63) is 53.6 Å². The van der Waals surface area contributed by atoms with Crippen LogP contribution in [-0.2, 0) is 16.0 Å². The Bertz CT molecular complexity index is 1050. The Morgan fingerprint density at radius 1 is 1.06 bits per heavy atom. The lowest BCUT2D eigenvalue weighted by atomic mass is 9.95. The maximum Gasteiger partial charge on any atom is 0.417 e. The molecule has 0 bridgehead atoms. The SMILES string of the molecule is CC(C)(C)CN(CCOc1ccc(S(C)(=O)=O)cc1)c1ccc(C#N)c(C(F)(F)F)c1. The van der Waals surface area contributed by atoms with E-state index in [1.165, 1.54) is 36.4 Å². The summed E-state index contributed by atoms with van der Waals surface area (Å²) in [6.07, 6.45) is -3.52. The Labute approximate surface area is 181 Å². The summed E-state index contributed by atoms with van der Waals surface area (Å²) in [7, 11) is -3.31. The van der Waals surface area contributed by atoms with Gasteiger partial charge in [0, 0.05) is 18.5 Å². The molecule has 0 N–H and O–H groups in total. The van der Waals surface area contributed by atoms with Crippen molar-refractivity contribution in [2.75, 3.05) is 30.9 Å². The first-order chi connectivity index (χ1) is 14.2. The fourth-order valence-corrected chi connectivity index (χ4v) is 3.62. The van der Waals surface area contributed by atoms with Crippen LogP contribution in [0.3, 0.4) is 0 Å². The van der Waals surface area contributed by atoms with Gasteiger partial charge in [-0.15, -0.1) is 0 Å². The van der Waals surface area contributed by atoms with Gasteiger partial charge in [0.05, 0.1) is 28.6 Å². The summed E-state index contributed by atoms with van der Waals surface area (Å²) in [5.74, 6) is 0.457. The van der Waals surface area contributed by atoms with Crippen LogP contribution in [0.25, 0.3) is 0 Å². The van der Waals surface area contributed by atoms with Crippen molar-refractivity contribution in [1.82, 2.24) is 0 Å².